The number of aryl methyl sites for hydroxylation is 1. The Labute approximate surface area is 159 Å². The number of likely N-dealkylation sites (N-methyl/N-ethyl adjacent to an activating group) is 1. The van der Waals surface area contributed by atoms with Gasteiger partial charge in [0.1, 0.15) is 0 Å². The first-order chi connectivity index (χ1) is 12.5. The Morgan fingerprint density at radius 3 is 2.65 bits per heavy atom. The molecular weight excluding hydrogens is 370 g/mol. The van der Waals surface area contributed by atoms with Gasteiger partial charge in [-0.2, -0.15) is 0 Å². The van der Waals surface area contributed by atoms with Gasteiger partial charge in [-0.3, -0.25) is 9.59 Å². The lowest BCUT2D eigenvalue weighted by molar-refractivity contribution is -0.116. The molecule has 2 aromatic rings. The largest absolute Gasteiger partial charge is 0.310 e. The Morgan fingerprint density at radius 1 is 1.12 bits per heavy atom. The minimum absolute atomic E-state index is 0.189. The van der Waals surface area contributed by atoms with Crippen LogP contribution in [0.3, 0.4) is 0 Å². The van der Waals surface area contributed by atoms with Gasteiger partial charge in [0.2, 0.25) is 0 Å². The molecule has 7 heteroatoms. The summed E-state index contributed by atoms with van der Waals surface area (Å²) in [7, 11) is 1.72. The lowest BCUT2D eigenvalue weighted by Gasteiger charge is -2.11. The molecule has 0 saturated carbocycles. The van der Waals surface area contributed by atoms with Crippen molar-refractivity contribution in [3.05, 3.63) is 63.5 Å². The summed E-state index contributed by atoms with van der Waals surface area (Å²) in [6.07, 6.45) is 0. The number of rotatable bonds is 1. The highest BCUT2D eigenvalue weighted by Crippen LogP contribution is 2.43. The number of nitrogens with zero attached hydrogens (tertiary/aromatic N) is 2. The van der Waals surface area contributed by atoms with Gasteiger partial charge in [-0.05, 0) is 36.4 Å². The highest BCUT2D eigenvalue weighted by molar-refractivity contribution is 8.18. The number of anilines is 1. The molecule has 0 aliphatic carbocycles. The monoisotopic (exact) mass is 383 g/mol. The maximum atomic E-state index is 12.8. The van der Waals surface area contributed by atoms with Crippen LogP contribution in [0, 0.1) is 6.92 Å². The van der Waals surface area contributed by atoms with E-state index in [-0.39, 0.29) is 11.8 Å². The van der Waals surface area contributed by atoms with Gasteiger partial charge in [-0.1, -0.05) is 41.9 Å². The molecule has 2 aromatic carbocycles. The van der Waals surface area contributed by atoms with Crippen LogP contribution in [0.4, 0.5) is 11.4 Å². The van der Waals surface area contributed by atoms with Crippen LogP contribution >= 0.6 is 23.4 Å². The highest BCUT2D eigenvalue weighted by Gasteiger charge is 2.38. The third-order valence-corrected chi connectivity index (χ3v) is 5.59. The summed E-state index contributed by atoms with van der Waals surface area (Å²) in [5, 5.41) is 3.62. The topological polar surface area (TPSA) is 61.8 Å². The fourth-order valence-corrected chi connectivity index (χ4v) is 4.20. The van der Waals surface area contributed by atoms with Gasteiger partial charge in [0.25, 0.3) is 11.8 Å². The van der Waals surface area contributed by atoms with Gasteiger partial charge in [0, 0.05) is 12.6 Å². The zero-order valence-electron chi connectivity index (χ0n) is 14.0. The predicted molar refractivity (Wildman–Crippen MR) is 106 cm³/mol. The number of aliphatic imine (C=N–C) groups is 1. The summed E-state index contributed by atoms with van der Waals surface area (Å²) in [5.74, 6) is -0.516. The van der Waals surface area contributed by atoms with Crippen molar-refractivity contribution in [1.82, 2.24) is 5.32 Å². The van der Waals surface area contributed by atoms with Crippen molar-refractivity contribution in [2.24, 2.45) is 4.99 Å². The normalized spacial score (nSPS) is 20.7. The smallest absolute Gasteiger partial charge is 0.264 e. The molecule has 0 atom stereocenters. The van der Waals surface area contributed by atoms with Crippen LogP contribution in [0.1, 0.15) is 11.1 Å². The van der Waals surface area contributed by atoms with Gasteiger partial charge in [0.15, 0.2) is 5.17 Å². The van der Waals surface area contributed by atoms with E-state index in [1.165, 1.54) is 0 Å². The van der Waals surface area contributed by atoms with E-state index < -0.39 is 0 Å². The van der Waals surface area contributed by atoms with Crippen molar-refractivity contribution in [3.8, 4) is 0 Å². The third-order valence-electron chi connectivity index (χ3n) is 4.29. The van der Waals surface area contributed by atoms with Crippen molar-refractivity contribution >= 4 is 57.3 Å². The third kappa shape index (κ3) is 2.62. The Kier molecular flexibility index (Phi) is 4.09. The molecule has 1 fully saturated rings. The molecule has 0 aromatic heterocycles. The number of nitrogens with one attached hydrogen (secondary N) is 1. The van der Waals surface area contributed by atoms with Gasteiger partial charge >= 0.3 is 0 Å². The van der Waals surface area contributed by atoms with Gasteiger partial charge in [-0.25, -0.2) is 4.99 Å². The molecule has 0 radical (unpaired) electrons. The summed E-state index contributed by atoms with van der Waals surface area (Å²) < 4.78 is 0. The average molecular weight is 384 g/mol. The number of thioether (sulfide) groups is 1. The molecule has 0 spiro atoms. The Balaban J connectivity index is 1.80. The fourth-order valence-electron chi connectivity index (χ4n) is 3.10. The van der Waals surface area contributed by atoms with E-state index in [2.05, 4.69) is 10.3 Å². The highest BCUT2D eigenvalue weighted by atomic mass is 35.5. The van der Waals surface area contributed by atoms with E-state index >= 15 is 0 Å². The van der Waals surface area contributed by atoms with Crippen molar-refractivity contribution < 1.29 is 9.59 Å². The summed E-state index contributed by atoms with van der Waals surface area (Å²) in [5.41, 5.74) is 3.58. The number of carbonyl (C=O) groups is 2. The van der Waals surface area contributed by atoms with Crippen LogP contribution in [0.25, 0.3) is 5.57 Å². The first-order valence-corrected chi connectivity index (χ1v) is 9.11. The zero-order valence-corrected chi connectivity index (χ0v) is 15.6. The van der Waals surface area contributed by atoms with Crippen molar-refractivity contribution in [2.45, 2.75) is 6.92 Å². The number of fused-ring (bicyclic) bond motifs is 1. The van der Waals surface area contributed by atoms with Crippen LogP contribution in [-0.4, -0.2) is 24.0 Å². The second-order valence-electron chi connectivity index (χ2n) is 5.96. The van der Waals surface area contributed by atoms with E-state index in [1.54, 1.807) is 24.1 Å². The molecule has 2 aliphatic heterocycles. The first kappa shape index (κ1) is 16.9. The summed E-state index contributed by atoms with van der Waals surface area (Å²) in [4.78, 5) is 31.6. The number of hydrogen-bond acceptors (Lipinski definition) is 4. The van der Waals surface area contributed by atoms with Gasteiger partial charge in [-0.15, -0.1) is 0 Å². The molecule has 1 saturated heterocycles. The van der Waals surface area contributed by atoms with Crippen molar-refractivity contribution in [1.29, 1.82) is 0 Å². The zero-order chi connectivity index (χ0) is 18.4. The summed E-state index contributed by atoms with van der Waals surface area (Å²) >= 11 is 7.28. The van der Waals surface area contributed by atoms with E-state index in [1.807, 2.05) is 37.3 Å². The van der Waals surface area contributed by atoms with Crippen LogP contribution in [-0.2, 0) is 9.59 Å². The molecule has 0 unspecified atom stereocenters. The number of hydrogen-bond donors (Lipinski definition) is 1. The van der Waals surface area contributed by atoms with E-state index in [0.717, 1.165) is 28.6 Å². The number of amides is 2. The number of para-hydroxylation sites is 2. The second kappa shape index (κ2) is 6.30. The van der Waals surface area contributed by atoms with Crippen LogP contribution in [0.5, 0.6) is 0 Å². The number of carbonyl (C=O) groups excluding carboxylic acids is 2. The van der Waals surface area contributed by atoms with Crippen LogP contribution in [0.15, 0.2) is 52.4 Å². The molecule has 2 aliphatic rings. The number of amidine groups is 1. The second-order valence-corrected chi connectivity index (χ2v) is 7.37. The van der Waals surface area contributed by atoms with Crippen LogP contribution < -0.4 is 10.2 Å². The average Bonchev–Trinajstić information content (AvgIpc) is 3.08. The summed E-state index contributed by atoms with van der Waals surface area (Å²) in [6.45, 7) is 1.95. The lowest BCUT2D eigenvalue weighted by atomic mass is 10.0. The molecule has 26 heavy (non-hydrogen) atoms. The summed E-state index contributed by atoms with van der Waals surface area (Å²) in [6, 6.07) is 12.8. The predicted octanol–water partition coefficient (Wildman–Crippen LogP) is 3.89. The number of halogens is 1. The maximum absolute atomic E-state index is 12.8. The molecule has 5 nitrogen and oxygen atoms in total. The fraction of sp³-hybridized carbons (Fsp3) is 0.105. The Bertz CT molecular complexity index is 1030. The van der Waals surface area contributed by atoms with E-state index in [9.17, 15) is 9.59 Å². The first-order valence-electron chi connectivity index (χ1n) is 7.92. The molecule has 1 N–H and O–H groups in total. The lowest BCUT2D eigenvalue weighted by Crippen LogP contribution is -2.23. The number of benzene rings is 2. The molecule has 2 amide bonds. The molecule has 0 bridgehead atoms. The Hall–Kier alpha value is -2.57. The van der Waals surface area contributed by atoms with E-state index in [4.69, 9.17) is 11.6 Å². The van der Waals surface area contributed by atoms with Crippen molar-refractivity contribution in [3.63, 3.8) is 0 Å². The van der Waals surface area contributed by atoms with Gasteiger partial charge in [0.05, 0.1) is 26.9 Å². The Morgan fingerprint density at radius 2 is 1.88 bits per heavy atom. The van der Waals surface area contributed by atoms with Gasteiger partial charge < -0.3 is 10.2 Å². The standard InChI is InChI=1S/C19H14ClN3O2S/c1-10-6-5-7-11-14(18(25)23(2)15(10)11)16-17(24)22-19(26-16)21-13-9-4-3-8-12(13)20/h3-9H,1-2H3,(H,21,22,24)/b16-14+. The van der Waals surface area contributed by atoms with Crippen molar-refractivity contribution in [2.75, 3.05) is 11.9 Å². The quantitative estimate of drug-likeness (QED) is 0.760. The SMILES string of the molecule is Cc1cccc2c1N(C)C(=O)/C2=C1/SC(=Nc2ccccc2Cl)NC1=O. The van der Waals surface area contributed by atoms with Crippen LogP contribution in [0.2, 0.25) is 5.02 Å². The minimum atomic E-state index is -0.327. The molecule has 4 rings (SSSR count). The molecular formula is C19H14ClN3O2S. The molecule has 2 heterocycles. The van der Waals surface area contributed by atoms with E-state index in [0.29, 0.717) is 26.4 Å². The molecule has 130 valence electrons. The minimum Gasteiger partial charge on any atom is -0.310 e. The maximum Gasteiger partial charge on any atom is 0.264 e.